The van der Waals surface area contributed by atoms with E-state index in [0.29, 0.717) is 25.5 Å². The third-order valence-corrected chi connectivity index (χ3v) is 3.16. The van der Waals surface area contributed by atoms with Gasteiger partial charge in [-0.3, -0.25) is 4.79 Å². The average molecular weight is 244 g/mol. The van der Waals surface area contributed by atoms with Gasteiger partial charge in [0.05, 0.1) is 12.6 Å². The van der Waals surface area contributed by atoms with Gasteiger partial charge in [-0.1, -0.05) is 20.3 Å². The second-order valence-electron chi connectivity index (χ2n) is 4.52. The van der Waals surface area contributed by atoms with E-state index >= 15 is 0 Å². The number of hydrogen-bond donors (Lipinski definition) is 2. The second kappa shape index (κ2) is 10.5. The zero-order valence-electron chi connectivity index (χ0n) is 11.5. The van der Waals surface area contributed by atoms with Crippen molar-refractivity contribution in [1.29, 1.82) is 0 Å². The Kier molecular flexibility index (Phi) is 10.2. The van der Waals surface area contributed by atoms with Gasteiger partial charge in [0.1, 0.15) is 0 Å². The highest BCUT2D eigenvalue weighted by molar-refractivity contribution is 5.76. The second-order valence-corrected chi connectivity index (χ2v) is 4.52. The van der Waals surface area contributed by atoms with Crippen LogP contribution < -0.4 is 11.1 Å². The van der Waals surface area contributed by atoms with Gasteiger partial charge in [0.2, 0.25) is 5.91 Å². The van der Waals surface area contributed by atoms with Crippen molar-refractivity contribution in [2.75, 3.05) is 20.3 Å². The molecule has 1 amide bonds. The van der Waals surface area contributed by atoms with Crippen LogP contribution in [0.5, 0.6) is 0 Å². The maximum atomic E-state index is 11.7. The lowest BCUT2D eigenvalue weighted by atomic mass is 9.96. The van der Waals surface area contributed by atoms with Crippen molar-refractivity contribution >= 4 is 5.91 Å². The van der Waals surface area contributed by atoms with E-state index in [4.69, 9.17) is 10.5 Å². The van der Waals surface area contributed by atoms with Gasteiger partial charge in [-0.25, -0.2) is 0 Å². The lowest BCUT2D eigenvalue weighted by Gasteiger charge is -2.17. The van der Waals surface area contributed by atoms with E-state index in [1.807, 2.05) is 6.92 Å². The topological polar surface area (TPSA) is 64.4 Å². The molecule has 0 rings (SSSR count). The summed E-state index contributed by atoms with van der Waals surface area (Å²) < 4.78 is 5.05. The van der Waals surface area contributed by atoms with E-state index in [-0.39, 0.29) is 11.9 Å². The van der Waals surface area contributed by atoms with Gasteiger partial charge in [-0.2, -0.15) is 0 Å². The number of nitrogens with one attached hydrogen (secondary N) is 1. The van der Waals surface area contributed by atoms with Crippen LogP contribution in [0.25, 0.3) is 0 Å². The van der Waals surface area contributed by atoms with Crippen LogP contribution in [0.2, 0.25) is 0 Å². The molecule has 0 bridgehead atoms. The van der Waals surface area contributed by atoms with E-state index in [2.05, 4.69) is 12.2 Å². The minimum Gasteiger partial charge on any atom is -0.383 e. The first-order valence-electron chi connectivity index (χ1n) is 6.66. The highest BCUT2D eigenvalue weighted by Crippen LogP contribution is 2.14. The molecule has 4 heteroatoms. The van der Waals surface area contributed by atoms with Crippen LogP contribution in [0.15, 0.2) is 0 Å². The Morgan fingerprint density at radius 1 is 1.29 bits per heavy atom. The van der Waals surface area contributed by atoms with Crippen LogP contribution in [0, 0.1) is 5.92 Å². The number of amides is 1. The highest BCUT2D eigenvalue weighted by Gasteiger charge is 2.12. The number of methoxy groups -OCH3 is 1. The first kappa shape index (κ1) is 16.4. The lowest BCUT2D eigenvalue weighted by molar-refractivity contribution is -0.122. The van der Waals surface area contributed by atoms with Crippen molar-refractivity contribution in [1.82, 2.24) is 5.32 Å². The molecule has 17 heavy (non-hydrogen) atoms. The van der Waals surface area contributed by atoms with Gasteiger partial charge in [-0.05, 0) is 31.7 Å². The van der Waals surface area contributed by atoms with Crippen LogP contribution in [-0.4, -0.2) is 32.2 Å². The molecule has 0 aliphatic rings. The smallest absolute Gasteiger partial charge is 0.220 e. The molecule has 4 nitrogen and oxygen atoms in total. The van der Waals surface area contributed by atoms with E-state index in [1.54, 1.807) is 7.11 Å². The monoisotopic (exact) mass is 244 g/mol. The van der Waals surface area contributed by atoms with Gasteiger partial charge < -0.3 is 15.8 Å². The van der Waals surface area contributed by atoms with Gasteiger partial charge in [0.15, 0.2) is 0 Å². The van der Waals surface area contributed by atoms with Crippen LogP contribution in [0.3, 0.4) is 0 Å². The summed E-state index contributed by atoms with van der Waals surface area (Å²) >= 11 is 0. The SMILES string of the molecule is CCC(CCN)CCC(=O)NC(CC)COC. The summed E-state index contributed by atoms with van der Waals surface area (Å²) in [7, 11) is 1.66. The minimum atomic E-state index is 0.129. The Balaban J connectivity index is 3.83. The number of carbonyl (C=O) groups excluding carboxylic acids is 1. The Morgan fingerprint density at radius 2 is 2.00 bits per heavy atom. The van der Waals surface area contributed by atoms with Gasteiger partial charge >= 0.3 is 0 Å². The molecular formula is C13H28N2O2. The molecule has 3 N–H and O–H groups in total. The molecule has 2 atom stereocenters. The minimum absolute atomic E-state index is 0.129. The summed E-state index contributed by atoms with van der Waals surface area (Å²) in [5, 5.41) is 2.99. The molecule has 0 spiro atoms. The van der Waals surface area contributed by atoms with Crippen molar-refractivity contribution in [3.63, 3.8) is 0 Å². The molecule has 0 aromatic carbocycles. The standard InChI is InChI=1S/C13H28N2O2/c1-4-11(8-9-14)6-7-13(16)15-12(5-2)10-17-3/h11-12H,4-10,14H2,1-3H3,(H,15,16). The Hall–Kier alpha value is -0.610. The number of hydrogen-bond acceptors (Lipinski definition) is 3. The molecule has 0 saturated heterocycles. The van der Waals surface area contributed by atoms with Crippen molar-refractivity contribution < 1.29 is 9.53 Å². The first-order chi connectivity index (χ1) is 8.17. The maximum Gasteiger partial charge on any atom is 0.220 e. The van der Waals surface area contributed by atoms with Gasteiger partial charge in [0.25, 0.3) is 0 Å². The maximum absolute atomic E-state index is 11.7. The summed E-state index contributed by atoms with van der Waals surface area (Å²) in [4.78, 5) is 11.7. The van der Waals surface area contributed by atoms with Crippen LogP contribution in [0.4, 0.5) is 0 Å². The average Bonchev–Trinajstić information content (AvgIpc) is 2.33. The number of carbonyl (C=O) groups is 1. The van der Waals surface area contributed by atoms with Crippen molar-refractivity contribution in [3.8, 4) is 0 Å². The third kappa shape index (κ3) is 8.16. The summed E-state index contributed by atoms with van der Waals surface area (Å²) in [6.45, 7) is 5.49. The largest absolute Gasteiger partial charge is 0.383 e. The van der Waals surface area contributed by atoms with E-state index in [1.165, 1.54) is 0 Å². The first-order valence-corrected chi connectivity index (χ1v) is 6.66. The zero-order valence-corrected chi connectivity index (χ0v) is 11.5. The van der Waals surface area contributed by atoms with Crippen molar-refractivity contribution in [2.45, 2.75) is 52.0 Å². The Morgan fingerprint density at radius 3 is 2.47 bits per heavy atom. The molecule has 0 aliphatic heterocycles. The van der Waals surface area contributed by atoms with E-state index < -0.39 is 0 Å². The van der Waals surface area contributed by atoms with Crippen LogP contribution >= 0.6 is 0 Å². The molecule has 0 aliphatic carbocycles. The van der Waals surface area contributed by atoms with E-state index in [0.717, 1.165) is 25.7 Å². The zero-order chi connectivity index (χ0) is 13.1. The highest BCUT2D eigenvalue weighted by atomic mass is 16.5. The predicted octanol–water partition coefficient (Wildman–Crippen LogP) is 1.68. The predicted molar refractivity (Wildman–Crippen MR) is 70.8 cm³/mol. The van der Waals surface area contributed by atoms with Gasteiger partial charge in [-0.15, -0.1) is 0 Å². The molecule has 0 radical (unpaired) electrons. The summed E-state index contributed by atoms with van der Waals surface area (Å²) in [6.07, 6.45) is 4.54. The molecule has 0 aromatic rings. The van der Waals surface area contributed by atoms with Crippen molar-refractivity contribution in [2.24, 2.45) is 11.7 Å². The number of nitrogens with two attached hydrogens (primary N) is 1. The molecular weight excluding hydrogens is 216 g/mol. The fourth-order valence-electron chi connectivity index (χ4n) is 1.89. The lowest BCUT2D eigenvalue weighted by Crippen LogP contribution is -2.37. The van der Waals surface area contributed by atoms with Crippen molar-refractivity contribution in [3.05, 3.63) is 0 Å². The van der Waals surface area contributed by atoms with Crippen LogP contribution in [0.1, 0.15) is 46.0 Å². The summed E-state index contributed by atoms with van der Waals surface area (Å²) in [6, 6.07) is 0.141. The molecule has 0 aromatic heterocycles. The van der Waals surface area contributed by atoms with Gasteiger partial charge in [0, 0.05) is 13.5 Å². The quantitative estimate of drug-likeness (QED) is 0.614. The fraction of sp³-hybridized carbons (Fsp3) is 0.923. The molecule has 0 saturated carbocycles. The Bertz CT molecular complexity index is 198. The molecule has 102 valence electrons. The normalized spacial score (nSPS) is 14.4. The Labute approximate surface area is 105 Å². The third-order valence-electron chi connectivity index (χ3n) is 3.16. The number of ether oxygens (including phenoxy) is 1. The fourth-order valence-corrected chi connectivity index (χ4v) is 1.89. The molecule has 0 heterocycles. The molecule has 2 unspecified atom stereocenters. The van der Waals surface area contributed by atoms with E-state index in [9.17, 15) is 4.79 Å². The number of rotatable bonds is 10. The van der Waals surface area contributed by atoms with Crippen LogP contribution in [-0.2, 0) is 9.53 Å². The summed E-state index contributed by atoms with van der Waals surface area (Å²) in [5.41, 5.74) is 5.54. The molecule has 0 fully saturated rings. The summed E-state index contributed by atoms with van der Waals surface area (Å²) in [5.74, 6) is 0.706.